The number of Topliss-reactive ketones (excluding diaryl/α,β-unsaturated/α-hetero) is 1. The number of fused-ring (bicyclic) bond motifs is 1. The van der Waals surface area contributed by atoms with Crippen LogP contribution in [0.25, 0.3) is 10.9 Å². The lowest BCUT2D eigenvalue weighted by Gasteiger charge is -2.10. The van der Waals surface area contributed by atoms with Crippen LogP contribution in [-0.4, -0.2) is 30.5 Å². The highest BCUT2D eigenvalue weighted by Crippen LogP contribution is 2.31. The molecule has 0 aliphatic carbocycles. The molecular weight excluding hydrogens is 423 g/mol. The molecule has 0 saturated heterocycles. The van der Waals surface area contributed by atoms with Crippen molar-refractivity contribution in [3.63, 3.8) is 0 Å². The van der Waals surface area contributed by atoms with Gasteiger partial charge in [0.15, 0.2) is 0 Å². The Labute approximate surface area is 190 Å². The monoisotopic (exact) mass is 446 g/mol. The number of methoxy groups -OCH3 is 2. The predicted molar refractivity (Wildman–Crippen MR) is 125 cm³/mol. The summed E-state index contributed by atoms with van der Waals surface area (Å²) in [6.07, 6.45) is 0. The first-order valence-electron chi connectivity index (χ1n) is 10.3. The molecule has 0 bridgehead atoms. The number of carbonyl (C=O) groups excluding carboxylic acids is 2. The number of halogens is 1. The number of carbonyl (C=O) groups is 2. The summed E-state index contributed by atoms with van der Waals surface area (Å²) in [7, 11) is 3.15. The molecule has 4 aromatic rings. The van der Waals surface area contributed by atoms with Gasteiger partial charge in [0.05, 0.1) is 19.8 Å². The summed E-state index contributed by atoms with van der Waals surface area (Å²) in [5.74, 6) is -0.720. The number of aromatic nitrogens is 1. The second-order valence-electron chi connectivity index (χ2n) is 7.57. The first-order valence-corrected chi connectivity index (χ1v) is 10.3. The summed E-state index contributed by atoms with van der Waals surface area (Å²) in [4.78, 5) is 26.0. The zero-order valence-corrected chi connectivity index (χ0v) is 18.5. The summed E-state index contributed by atoms with van der Waals surface area (Å²) in [5, 5.41) is 3.10. The minimum Gasteiger partial charge on any atom is -0.497 e. The standard InChI is InChI=1S/C26H23FN2O4/c1-16-24(25(30)26(31)28-19-6-4-5-18(27)13-19)22-14-21(33-3)11-12-23(22)29(16)15-17-7-9-20(32-2)10-8-17/h4-14H,15H2,1-3H3,(H,28,31). The van der Waals surface area contributed by atoms with Gasteiger partial charge in [0.1, 0.15) is 17.3 Å². The number of ether oxygens (including phenoxy) is 2. The van der Waals surface area contributed by atoms with Crippen molar-refractivity contribution >= 4 is 28.3 Å². The van der Waals surface area contributed by atoms with E-state index >= 15 is 0 Å². The number of hydrogen-bond acceptors (Lipinski definition) is 4. The van der Waals surface area contributed by atoms with E-state index in [1.807, 2.05) is 41.0 Å². The van der Waals surface area contributed by atoms with Gasteiger partial charge in [-0.1, -0.05) is 18.2 Å². The number of anilines is 1. The van der Waals surface area contributed by atoms with Crippen molar-refractivity contribution in [1.82, 2.24) is 4.57 Å². The Bertz CT molecular complexity index is 1340. The lowest BCUT2D eigenvalue weighted by Crippen LogP contribution is -2.23. The van der Waals surface area contributed by atoms with Crippen molar-refractivity contribution in [3.8, 4) is 11.5 Å². The lowest BCUT2D eigenvalue weighted by molar-refractivity contribution is -0.112. The maximum Gasteiger partial charge on any atom is 0.296 e. The molecule has 0 atom stereocenters. The SMILES string of the molecule is COc1ccc(Cn2c(C)c(C(=O)C(=O)Nc3cccc(F)c3)c3cc(OC)ccc32)cc1. The van der Waals surface area contributed by atoms with Crippen LogP contribution in [0.4, 0.5) is 10.1 Å². The van der Waals surface area contributed by atoms with Gasteiger partial charge in [-0.15, -0.1) is 0 Å². The van der Waals surface area contributed by atoms with Crippen molar-refractivity contribution in [2.75, 3.05) is 19.5 Å². The number of benzene rings is 3. The van der Waals surface area contributed by atoms with E-state index in [0.717, 1.165) is 22.9 Å². The Hall–Kier alpha value is -4.13. The van der Waals surface area contributed by atoms with Gasteiger partial charge in [-0.2, -0.15) is 0 Å². The molecule has 3 aromatic carbocycles. The molecule has 0 spiro atoms. The molecule has 0 unspecified atom stereocenters. The number of nitrogens with one attached hydrogen (secondary N) is 1. The van der Waals surface area contributed by atoms with E-state index in [4.69, 9.17) is 9.47 Å². The van der Waals surface area contributed by atoms with Crippen LogP contribution in [0.3, 0.4) is 0 Å². The van der Waals surface area contributed by atoms with E-state index in [1.165, 1.54) is 18.2 Å². The predicted octanol–water partition coefficient (Wildman–Crippen LogP) is 4.98. The molecule has 7 heteroatoms. The highest BCUT2D eigenvalue weighted by Gasteiger charge is 2.26. The minimum absolute atomic E-state index is 0.213. The summed E-state index contributed by atoms with van der Waals surface area (Å²) >= 11 is 0. The molecule has 1 amide bonds. The number of amides is 1. The average molecular weight is 446 g/mol. The Morgan fingerprint density at radius 1 is 0.939 bits per heavy atom. The van der Waals surface area contributed by atoms with Crippen LogP contribution in [0.1, 0.15) is 21.6 Å². The fraction of sp³-hybridized carbons (Fsp3) is 0.154. The van der Waals surface area contributed by atoms with Gasteiger partial charge in [-0.05, 0) is 61.0 Å². The van der Waals surface area contributed by atoms with Crippen molar-refractivity contribution in [2.24, 2.45) is 0 Å². The molecule has 1 heterocycles. The van der Waals surface area contributed by atoms with Crippen LogP contribution in [0.5, 0.6) is 11.5 Å². The largest absolute Gasteiger partial charge is 0.497 e. The minimum atomic E-state index is -0.838. The van der Waals surface area contributed by atoms with Crippen molar-refractivity contribution in [2.45, 2.75) is 13.5 Å². The molecule has 4 rings (SSSR count). The highest BCUT2D eigenvalue weighted by molar-refractivity contribution is 6.48. The third-order valence-corrected chi connectivity index (χ3v) is 5.55. The molecule has 0 saturated carbocycles. The number of nitrogens with zero attached hydrogens (tertiary/aromatic N) is 1. The third kappa shape index (κ3) is 4.43. The fourth-order valence-corrected chi connectivity index (χ4v) is 3.86. The second kappa shape index (κ2) is 9.16. The molecule has 0 aliphatic rings. The molecule has 0 aliphatic heterocycles. The van der Waals surface area contributed by atoms with Crippen LogP contribution in [0, 0.1) is 12.7 Å². The third-order valence-electron chi connectivity index (χ3n) is 5.55. The van der Waals surface area contributed by atoms with E-state index in [-0.39, 0.29) is 11.3 Å². The number of rotatable bonds is 7. The van der Waals surface area contributed by atoms with Gasteiger partial charge >= 0.3 is 0 Å². The summed E-state index contributed by atoms with van der Waals surface area (Å²) in [5.41, 5.74) is 2.95. The smallest absolute Gasteiger partial charge is 0.296 e. The van der Waals surface area contributed by atoms with Crippen molar-refractivity contribution in [1.29, 1.82) is 0 Å². The Morgan fingerprint density at radius 2 is 1.64 bits per heavy atom. The van der Waals surface area contributed by atoms with Crippen molar-refractivity contribution in [3.05, 3.63) is 89.4 Å². The van der Waals surface area contributed by atoms with Gasteiger partial charge in [0, 0.05) is 28.8 Å². The Balaban J connectivity index is 1.75. The maximum absolute atomic E-state index is 13.5. The first-order chi connectivity index (χ1) is 15.9. The zero-order valence-electron chi connectivity index (χ0n) is 18.5. The Morgan fingerprint density at radius 3 is 2.30 bits per heavy atom. The van der Waals surface area contributed by atoms with Crippen LogP contribution in [-0.2, 0) is 11.3 Å². The van der Waals surface area contributed by atoms with E-state index in [1.54, 1.807) is 27.2 Å². The fourth-order valence-electron chi connectivity index (χ4n) is 3.86. The first kappa shape index (κ1) is 22.1. The molecule has 33 heavy (non-hydrogen) atoms. The average Bonchev–Trinajstić information content (AvgIpc) is 3.09. The van der Waals surface area contributed by atoms with Crippen LogP contribution in [0.2, 0.25) is 0 Å². The van der Waals surface area contributed by atoms with Gasteiger partial charge in [0.2, 0.25) is 0 Å². The maximum atomic E-state index is 13.5. The van der Waals surface area contributed by atoms with Gasteiger partial charge in [-0.25, -0.2) is 4.39 Å². The van der Waals surface area contributed by atoms with Gasteiger partial charge in [0.25, 0.3) is 11.7 Å². The molecule has 168 valence electrons. The van der Waals surface area contributed by atoms with E-state index in [2.05, 4.69) is 5.32 Å². The second-order valence-corrected chi connectivity index (χ2v) is 7.57. The zero-order chi connectivity index (χ0) is 23.5. The Kier molecular flexibility index (Phi) is 6.13. The molecule has 1 N–H and O–H groups in total. The molecule has 0 radical (unpaired) electrons. The van der Waals surface area contributed by atoms with Crippen LogP contribution >= 0.6 is 0 Å². The van der Waals surface area contributed by atoms with E-state index in [0.29, 0.717) is 23.4 Å². The highest BCUT2D eigenvalue weighted by atomic mass is 19.1. The van der Waals surface area contributed by atoms with Crippen molar-refractivity contribution < 1.29 is 23.5 Å². The van der Waals surface area contributed by atoms with Gasteiger partial charge < -0.3 is 19.4 Å². The molecule has 0 fully saturated rings. The molecule has 6 nitrogen and oxygen atoms in total. The number of hydrogen-bond donors (Lipinski definition) is 1. The quantitative estimate of drug-likeness (QED) is 0.321. The van der Waals surface area contributed by atoms with E-state index in [9.17, 15) is 14.0 Å². The normalized spacial score (nSPS) is 10.8. The van der Waals surface area contributed by atoms with Crippen LogP contribution < -0.4 is 14.8 Å². The molecule has 1 aromatic heterocycles. The van der Waals surface area contributed by atoms with E-state index < -0.39 is 17.5 Å². The molecular formula is C26H23FN2O4. The number of ketones is 1. The lowest BCUT2D eigenvalue weighted by atomic mass is 10.1. The van der Waals surface area contributed by atoms with Crippen LogP contribution in [0.15, 0.2) is 66.7 Å². The summed E-state index contributed by atoms with van der Waals surface area (Å²) < 4.78 is 26.0. The summed E-state index contributed by atoms with van der Waals surface area (Å²) in [6, 6.07) is 18.5. The summed E-state index contributed by atoms with van der Waals surface area (Å²) in [6.45, 7) is 2.30. The topological polar surface area (TPSA) is 69.6 Å². The van der Waals surface area contributed by atoms with Gasteiger partial charge in [-0.3, -0.25) is 9.59 Å².